The van der Waals surface area contributed by atoms with E-state index in [-0.39, 0.29) is 12.2 Å². The molecule has 2 aromatic heterocycles. The van der Waals surface area contributed by atoms with Crippen LogP contribution in [0.1, 0.15) is 21.7 Å². The van der Waals surface area contributed by atoms with Gasteiger partial charge in [-0.25, -0.2) is 13.8 Å². The van der Waals surface area contributed by atoms with Gasteiger partial charge in [-0.1, -0.05) is 23.4 Å². The Balaban J connectivity index is 1.47. The van der Waals surface area contributed by atoms with Gasteiger partial charge in [0.25, 0.3) is 5.91 Å². The highest BCUT2D eigenvalue weighted by Crippen LogP contribution is 2.32. The van der Waals surface area contributed by atoms with Gasteiger partial charge in [0.1, 0.15) is 5.82 Å². The summed E-state index contributed by atoms with van der Waals surface area (Å²) in [6.45, 7) is 0.0695. The number of halogens is 4. The highest BCUT2D eigenvalue weighted by Gasteiger charge is 2.42. The molecular formula is C21H16F4N6O. The Bertz CT molecular complexity index is 1220. The van der Waals surface area contributed by atoms with Gasteiger partial charge in [0.15, 0.2) is 11.4 Å². The van der Waals surface area contributed by atoms with Gasteiger partial charge in [0.05, 0.1) is 17.6 Å². The lowest BCUT2D eigenvalue weighted by Crippen LogP contribution is -2.29. The Morgan fingerprint density at radius 2 is 1.72 bits per heavy atom. The van der Waals surface area contributed by atoms with E-state index in [2.05, 4.69) is 20.7 Å². The summed E-state index contributed by atoms with van der Waals surface area (Å²) in [6, 6.07) is 13.6. The van der Waals surface area contributed by atoms with E-state index in [1.54, 1.807) is 17.1 Å². The highest BCUT2D eigenvalue weighted by molar-refractivity contribution is 5.93. The van der Waals surface area contributed by atoms with Gasteiger partial charge in [-0.3, -0.25) is 4.79 Å². The number of amides is 1. The van der Waals surface area contributed by atoms with E-state index in [0.717, 1.165) is 35.5 Å². The van der Waals surface area contributed by atoms with Crippen LogP contribution in [0.3, 0.4) is 0 Å². The first-order valence-corrected chi connectivity index (χ1v) is 9.49. The first kappa shape index (κ1) is 21.2. The van der Waals surface area contributed by atoms with Gasteiger partial charge < -0.3 is 5.32 Å². The molecule has 4 rings (SSSR count). The summed E-state index contributed by atoms with van der Waals surface area (Å²) in [5.41, 5.74) is -0.617. The van der Waals surface area contributed by atoms with Gasteiger partial charge in [-0.15, -0.1) is 5.10 Å². The minimum absolute atomic E-state index is 0.0695. The molecule has 2 aromatic carbocycles. The fourth-order valence-electron chi connectivity index (χ4n) is 3.07. The maximum absolute atomic E-state index is 13.7. The summed E-state index contributed by atoms with van der Waals surface area (Å²) < 4.78 is 56.2. The molecule has 0 spiro atoms. The molecule has 4 aromatic rings. The Kier molecular flexibility index (Phi) is 5.71. The molecule has 11 heteroatoms. The molecule has 2 heterocycles. The number of aromatic nitrogens is 5. The van der Waals surface area contributed by atoms with Crippen molar-refractivity contribution in [3.63, 3.8) is 0 Å². The third-order valence-corrected chi connectivity index (χ3v) is 4.58. The van der Waals surface area contributed by atoms with Crippen molar-refractivity contribution in [3.05, 3.63) is 89.8 Å². The fourth-order valence-corrected chi connectivity index (χ4v) is 3.07. The van der Waals surface area contributed by atoms with Crippen molar-refractivity contribution in [2.45, 2.75) is 12.6 Å². The quantitative estimate of drug-likeness (QED) is 0.461. The van der Waals surface area contributed by atoms with Gasteiger partial charge >= 0.3 is 6.18 Å². The first-order valence-electron chi connectivity index (χ1n) is 9.49. The van der Waals surface area contributed by atoms with Crippen molar-refractivity contribution in [2.24, 2.45) is 0 Å². The van der Waals surface area contributed by atoms with Crippen molar-refractivity contribution < 1.29 is 22.4 Å². The molecule has 0 aliphatic heterocycles. The van der Waals surface area contributed by atoms with Crippen LogP contribution >= 0.6 is 0 Å². The topological polar surface area (TPSA) is 77.6 Å². The number of nitrogens with zero attached hydrogens (tertiary/aromatic N) is 5. The number of benzene rings is 2. The van der Waals surface area contributed by atoms with Gasteiger partial charge in [-0.05, 0) is 48.4 Å². The molecule has 32 heavy (non-hydrogen) atoms. The van der Waals surface area contributed by atoms with Crippen LogP contribution in [0.5, 0.6) is 0 Å². The molecule has 1 N–H and O–H groups in total. The summed E-state index contributed by atoms with van der Waals surface area (Å²) >= 11 is 0. The molecule has 7 nitrogen and oxygen atoms in total. The number of rotatable bonds is 6. The Morgan fingerprint density at radius 1 is 1.00 bits per heavy atom. The van der Waals surface area contributed by atoms with Crippen molar-refractivity contribution in [2.75, 3.05) is 6.54 Å². The summed E-state index contributed by atoms with van der Waals surface area (Å²) in [7, 11) is 0. The zero-order valence-corrected chi connectivity index (χ0v) is 16.4. The third-order valence-electron chi connectivity index (χ3n) is 4.58. The van der Waals surface area contributed by atoms with Gasteiger partial charge in [0, 0.05) is 12.7 Å². The molecule has 0 unspecified atom stereocenters. The van der Waals surface area contributed by atoms with E-state index in [0.29, 0.717) is 11.1 Å². The molecule has 0 aliphatic rings. The first-order chi connectivity index (χ1) is 15.3. The van der Waals surface area contributed by atoms with E-state index in [1.165, 1.54) is 0 Å². The zero-order chi connectivity index (χ0) is 22.7. The summed E-state index contributed by atoms with van der Waals surface area (Å²) in [6.07, 6.45) is -1.16. The standard InChI is InChI=1S/C21H16F4N6O/c22-15-6-8-17(9-7-15)31-19(21(23,24)25)18(28-29-31)20(32)26-11-10-14-12-27-30(13-14)16-4-2-1-3-5-16/h1-9,12-13H,10-11H2,(H,26,32). The van der Waals surface area contributed by atoms with Crippen LogP contribution in [0.15, 0.2) is 67.0 Å². The number of nitrogens with one attached hydrogen (secondary N) is 1. The lowest BCUT2D eigenvalue weighted by Gasteiger charge is -2.11. The molecular weight excluding hydrogens is 428 g/mol. The Morgan fingerprint density at radius 3 is 2.41 bits per heavy atom. The van der Waals surface area contributed by atoms with Crippen molar-refractivity contribution in [3.8, 4) is 11.4 Å². The number of hydrogen-bond donors (Lipinski definition) is 1. The monoisotopic (exact) mass is 444 g/mol. The molecule has 0 aliphatic carbocycles. The lowest BCUT2D eigenvalue weighted by molar-refractivity contribution is -0.143. The molecule has 1 amide bonds. The van der Waals surface area contributed by atoms with Crippen LogP contribution in [0.2, 0.25) is 0 Å². The number of para-hydroxylation sites is 1. The second-order valence-electron chi connectivity index (χ2n) is 6.81. The van der Waals surface area contributed by atoms with E-state index in [4.69, 9.17) is 0 Å². The molecule has 0 saturated carbocycles. The van der Waals surface area contributed by atoms with Crippen molar-refractivity contribution in [1.82, 2.24) is 30.1 Å². The average Bonchev–Trinajstić information content (AvgIpc) is 3.42. The lowest BCUT2D eigenvalue weighted by atomic mass is 10.2. The van der Waals surface area contributed by atoms with Gasteiger partial charge in [0.2, 0.25) is 0 Å². The summed E-state index contributed by atoms with van der Waals surface area (Å²) in [4.78, 5) is 12.4. The minimum atomic E-state index is -4.90. The number of carbonyl (C=O) groups is 1. The van der Waals surface area contributed by atoms with Gasteiger partial charge in [-0.2, -0.15) is 18.3 Å². The van der Waals surface area contributed by atoms with Crippen LogP contribution in [0, 0.1) is 5.82 Å². The average molecular weight is 444 g/mol. The smallest absolute Gasteiger partial charge is 0.350 e. The predicted octanol–water partition coefficient (Wildman–Crippen LogP) is 3.58. The summed E-state index contributed by atoms with van der Waals surface area (Å²) in [5.74, 6) is -1.63. The maximum atomic E-state index is 13.7. The van der Waals surface area contributed by atoms with E-state index >= 15 is 0 Å². The third kappa shape index (κ3) is 4.51. The fraction of sp³-hybridized carbons (Fsp3) is 0.143. The van der Waals surface area contributed by atoms with E-state index < -0.39 is 29.3 Å². The Labute approximate surface area is 179 Å². The second kappa shape index (κ2) is 8.61. The highest BCUT2D eigenvalue weighted by atomic mass is 19.4. The van der Waals surface area contributed by atoms with Crippen LogP contribution in [0.25, 0.3) is 11.4 Å². The maximum Gasteiger partial charge on any atom is 0.435 e. The molecule has 0 saturated heterocycles. The summed E-state index contributed by atoms with van der Waals surface area (Å²) in [5, 5.41) is 13.5. The molecule has 0 bridgehead atoms. The zero-order valence-electron chi connectivity index (χ0n) is 16.4. The number of hydrogen-bond acceptors (Lipinski definition) is 4. The number of alkyl halides is 3. The largest absolute Gasteiger partial charge is 0.435 e. The van der Waals surface area contributed by atoms with E-state index in [9.17, 15) is 22.4 Å². The SMILES string of the molecule is O=C(NCCc1cnn(-c2ccccc2)c1)c1nnn(-c2ccc(F)cc2)c1C(F)(F)F. The van der Waals surface area contributed by atoms with Crippen LogP contribution in [-0.2, 0) is 12.6 Å². The predicted molar refractivity (Wildman–Crippen MR) is 106 cm³/mol. The van der Waals surface area contributed by atoms with Crippen molar-refractivity contribution >= 4 is 5.91 Å². The van der Waals surface area contributed by atoms with Crippen LogP contribution < -0.4 is 5.32 Å². The molecule has 164 valence electrons. The molecule has 0 radical (unpaired) electrons. The second-order valence-corrected chi connectivity index (χ2v) is 6.81. The van der Waals surface area contributed by atoms with Crippen LogP contribution in [0.4, 0.5) is 17.6 Å². The minimum Gasteiger partial charge on any atom is -0.350 e. The van der Waals surface area contributed by atoms with E-state index in [1.807, 2.05) is 30.3 Å². The Hall–Kier alpha value is -4.02. The normalized spacial score (nSPS) is 11.5. The molecule has 0 atom stereocenters. The molecule has 0 fully saturated rings. The number of carbonyl (C=O) groups excluding carboxylic acids is 1. The van der Waals surface area contributed by atoms with Crippen LogP contribution in [-0.4, -0.2) is 37.2 Å². The van der Waals surface area contributed by atoms with Crippen molar-refractivity contribution in [1.29, 1.82) is 0 Å².